The van der Waals surface area contributed by atoms with Gasteiger partial charge < -0.3 is 9.84 Å². The zero-order chi connectivity index (χ0) is 15.6. The molecule has 0 radical (unpaired) electrons. The summed E-state index contributed by atoms with van der Waals surface area (Å²) in [6, 6.07) is 7.14. The van der Waals surface area contributed by atoms with Crippen LogP contribution in [-0.4, -0.2) is 21.0 Å². The van der Waals surface area contributed by atoms with E-state index in [1.165, 1.54) is 24.3 Å². The fraction of sp³-hybridized carbons (Fsp3) is 0.143. The number of benzene rings is 1. The van der Waals surface area contributed by atoms with Gasteiger partial charge in [-0.25, -0.2) is 9.78 Å². The minimum Gasteiger partial charge on any atom is -0.477 e. The fourth-order valence-electron chi connectivity index (χ4n) is 1.78. The fourth-order valence-corrected chi connectivity index (χ4v) is 1.78. The molecule has 0 fully saturated rings. The summed E-state index contributed by atoms with van der Waals surface area (Å²) in [5.74, 6) is -0.911. The van der Waals surface area contributed by atoms with Gasteiger partial charge in [-0.1, -0.05) is 0 Å². The number of nitrogens with zero attached hydrogens (tertiary/aromatic N) is 2. The first-order valence-corrected chi connectivity index (χ1v) is 6.02. The second-order valence-corrected chi connectivity index (χ2v) is 4.42. The molecule has 1 heterocycles. The van der Waals surface area contributed by atoms with Gasteiger partial charge in [0.2, 0.25) is 5.88 Å². The Bertz CT molecular complexity index is 727. The van der Waals surface area contributed by atoms with Crippen LogP contribution >= 0.6 is 0 Å². The van der Waals surface area contributed by atoms with Gasteiger partial charge in [0.15, 0.2) is 0 Å². The molecule has 2 aromatic rings. The Morgan fingerprint density at radius 3 is 2.57 bits per heavy atom. The molecule has 0 amide bonds. The highest BCUT2D eigenvalue weighted by atomic mass is 16.6. The monoisotopic (exact) mass is 288 g/mol. The van der Waals surface area contributed by atoms with Gasteiger partial charge >= 0.3 is 5.97 Å². The Hall–Kier alpha value is -2.96. The maximum Gasteiger partial charge on any atom is 0.341 e. The molecule has 1 N–H and O–H groups in total. The van der Waals surface area contributed by atoms with Crippen LogP contribution in [0.25, 0.3) is 0 Å². The summed E-state index contributed by atoms with van der Waals surface area (Å²) < 4.78 is 5.45. The van der Waals surface area contributed by atoms with Gasteiger partial charge in [-0.05, 0) is 38.1 Å². The normalized spacial score (nSPS) is 10.2. The average Bonchev–Trinajstić information content (AvgIpc) is 2.37. The van der Waals surface area contributed by atoms with Gasteiger partial charge in [-0.15, -0.1) is 0 Å². The third kappa shape index (κ3) is 3.14. The Morgan fingerprint density at radius 2 is 2.00 bits per heavy atom. The third-order valence-electron chi connectivity index (χ3n) is 2.81. The van der Waals surface area contributed by atoms with E-state index in [4.69, 9.17) is 9.84 Å². The number of nitro groups is 1. The number of aromatic carboxylic acids is 1. The van der Waals surface area contributed by atoms with Crippen molar-refractivity contribution in [3.8, 4) is 11.6 Å². The van der Waals surface area contributed by atoms with Gasteiger partial charge in [0.25, 0.3) is 5.69 Å². The highest BCUT2D eigenvalue weighted by Crippen LogP contribution is 2.28. The Balaban J connectivity index is 2.38. The molecule has 7 nitrogen and oxygen atoms in total. The summed E-state index contributed by atoms with van der Waals surface area (Å²) in [5, 5.41) is 19.9. The molecule has 1 aromatic heterocycles. The predicted molar refractivity (Wildman–Crippen MR) is 73.8 cm³/mol. The number of nitro benzene ring substituents is 1. The lowest BCUT2D eigenvalue weighted by molar-refractivity contribution is -0.385. The molecule has 21 heavy (non-hydrogen) atoms. The first-order chi connectivity index (χ1) is 9.88. The highest BCUT2D eigenvalue weighted by molar-refractivity contribution is 5.90. The molecule has 2 rings (SSSR count). The summed E-state index contributed by atoms with van der Waals surface area (Å²) in [6.45, 7) is 3.28. The van der Waals surface area contributed by atoms with Crippen molar-refractivity contribution >= 4 is 11.7 Å². The predicted octanol–water partition coefficient (Wildman–Crippen LogP) is 3.10. The van der Waals surface area contributed by atoms with Crippen molar-refractivity contribution in [3.63, 3.8) is 0 Å². The van der Waals surface area contributed by atoms with Gasteiger partial charge in [0.05, 0.1) is 4.92 Å². The zero-order valence-electron chi connectivity index (χ0n) is 11.4. The number of aromatic nitrogens is 1. The number of hydrogen-bond donors (Lipinski definition) is 1. The van der Waals surface area contributed by atoms with Crippen LogP contribution < -0.4 is 4.74 Å². The lowest BCUT2D eigenvalue weighted by atomic mass is 10.2. The largest absolute Gasteiger partial charge is 0.477 e. The molecule has 0 spiro atoms. The van der Waals surface area contributed by atoms with E-state index < -0.39 is 10.9 Å². The minimum absolute atomic E-state index is 0.0296. The van der Waals surface area contributed by atoms with Crippen molar-refractivity contribution in [1.82, 2.24) is 4.98 Å². The van der Waals surface area contributed by atoms with E-state index in [1.807, 2.05) is 0 Å². The summed E-state index contributed by atoms with van der Waals surface area (Å²) in [4.78, 5) is 25.4. The molecule has 7 heteroatoms. The van der Waals surface area contributed by atoms with Crippen molar-refractivity contribution in [2.24, 2.45) is 0 Å². The second kappa shape index (κ2) is 5.58. The van der Waals surface area contributed by atoms with Gasteiger partial charge in [-0.3, -0.25) is 10.1 Å². The minimum atomic E-state index is -1.16. The van der Waals surface area contributed by atoms with Gasteiger partial charge in [-0.2, -0.15) is 0 Å². The molecule has 0 bridgehead atoms. The number of rotatable bonds is 4. The number of pyridine rings is 1. The van der Waals surface area contributed by atoms with E-state index in [-0.39, 0.29) is 17.1 Å². The number of aryl methyl sites for hydroxylation is 2. The van der Waals surface area contributed by atoms with Crippen LogP contribution in [0.3, 0.4) is 0 Å². The van der Waals surface area contributed by atoms with Gasteiger partial charge in [0, 0.05) is 17.3 Å². The van der Waals surface area contributed by atoms with E-state index >= 15 is 0 Å². The molecule has 1 aromatic carbocycles. The van der Waals surface area contributed by atoms with Gasteiger partial charge in [0.1, 0.15) is 11.3 Å². The van der Waals surface area contributed by atoms with Crippen LogP contribution in [0.4, 0.5) is 5.69 Å². The molecule has 0 aliphatic rings. The van der Waals surface area contributed by atoms with E-state index in [0.717, 1.165) is 0 Å². The Kier molecular flexibility index (Phi) is 3.84. The molecule has 108 valence electrons. The Morgan fingerprint density at radius 1 is 1.29 bits per heavy atom. The smallest absolute Gasteiger partial charge is 0.341 e. The van der Waals surface area contributed by atoms with E-state index in [2.05, 4.69) is 4.98 Å². The average molecular weight is 288 g/mol. The molecule has 0 unspecified atom stereocenters. The van der Waals surface area contributed by atoms with E-state index in [1.54, 1.807) is 19.9 Å². The number of hydrogen-bond acceptors (Lipinski definition) is 5. The first-order valence-electron chi connectivity index (χ1n) is 6.02. The molecule has 0 aliphatic carbocycles. The topological polar surface area (TPSA) is 103 Å². The van der Waals surface area contributed by atoms with Crippen LogP contribution in [0.1, 0.15) is 21.6 Å². The summed E-state index contributed by atoms with van der Waals surface area (Å²) >= 11 is 0. The molecule has 0 saturated heterocycles. The van der Waals surface area contributed by atoms with E-state index in [9.17, 15) is 14.9 Å². The number of ether oxygens (including phenoxy) is 1. The number of carboxylic acids is 1. The SMILES string of the molecule is Cc1ccc(C(=O)O)c(Oc2ccc([N+](=O)[O-])c(C)c2)n1. The lowest BCUT2D eigenvalue weighted by Crippen LogP contribution is -2.03. The molecule has 0 aliphatic heterocycles. The maximum absolute atomic E-state index is 11.1. The van der Waals surface area contributed by atoms with Crippen molar-refractivity contribution in [2.45, 2.75) is 13.8 Å². The lowest BCUT2D eigenvalue weighted by Gasteiger charge is -2.09. The summed E-state index contributed by atoms with van der Waals surface area (Å²) in [6.07, 6.45) is 0. The van der Waals surface area contributed by atoms with Crippen molar-refractivity contribution in [3.05, 3.63) is 57.3 Å². The molecule has 0 atom stereocenters. The Labute approximate surface area is 120 Å². The third-order valence-corrected chi connectivity index (χ3v) is 2.81. The molecular formula is C14H12N2O5. The van der Waals surface area contributed by atoms with E-state index in [0.29, 0.717) is 17.0 Å². The van der Waals surface area contributed by atoms with Crippen LogP contribution in [0.2, 0.25) is 0 Å². The van der Waals surface area contributed by atoms with Crippen LogP contribution in [0.5, 0.6) is 11.6 Å². The molecular weight excluding hydrogens is 276 g/mol. The standard InChI is InChI=1S/C14H12N2O5/c1-8-7-10(4-6-12(8)16(19)20)21-13-11(14(17)18)5-3-9(2)15-13/h3-7H,1-2H3,(H,17,18). The second-order valence-electron chi connectivity index (χ2n) is 4.42. The maximum atomic E-state index is 11.1. The first kappa shape index (κ1) is 14.4. The van der Waals surface area contributed by atoms with Crippen molar-refractivity contribution in [2.75, 3.05) is 0 Å². The quantitative estimate of drug-likeness (QED) is 0.685. The number of carbonyl (C=O) groups is 1. The highest BCUT2D eigenvalue weighted by Gasteiger charge is 2.16. The van der Waals surface area contributed by atoms with Crippen molar-refractivity contribution in [1.29, 1.82) is 0 Å². The van der Waals surface area contributed by atoms with Crippen LogP contribution in [0.15, 0.2) is 30.3 Å². The molecule has 0 saturated carbocycles. The van der Waals surface area contributed by atoms with Crippen LogP contribution in [0, 0.1) is 24.0 Å². The number of carboxylic acid groups (broad SMARTS) is 1. The summed E-state index contributed by atoms with van der Waals surface area (Å²) in [5.41, 5.74) is 0.922. The van der Waals surface area contributed by atoms with Crippen molar-refractivity contribution < 1.29 is 19.6 Å². The summed E-state index contributed by atoms with van der Waals surface area (Å²) in [7, 11) is 0. The van der Waals surface area contributed by atoms with Crippen LogP contribution in [-0.2, 0) is 0 Å². The zero-order valence-corrected chi connectivity index (χ0v) is 11.4.